The lowest BCUT2D eigenvalue weighted by atomic mass is 9.96. The van der Waals surface area contributed by atoms with E-state index in [1.807, 2.05) is 0 Å². The van der Waals surface area contributed by atoms with Crippen molar-refractivity contribution in [1.82, 2.24) is 5.32 Å². The fraction of sp³-hybridized carbons (Fsp3) is 1.00. The van der Waals surface area contributed by atoms with E-state index >= 15 is 0 Å². The molecular formula is C12H25NO2. The standard InChI is InChI=1S/C12H25NO2/c1-3-10(4-2)12(14)8-13-11-6-5-7-15-9-11/h10-14H,3-9H2,1-2H3. The first kappa shape index (κ1) is 12.9. The fourth-order valence-corrected chi connectivity index (χ4v) is 2.19. The molecule has 0 radical (unpaired) electrons. The molecule has 0 bridgehead atoms. The van der Waals surface area contributed by atoms with Crippen molar-refractivity contribution in [2.45, 2.75) is 51.7 Å². The van der Waals surface area contributed by atoms with Crippen LogP contribution in [0.4, 0.5) is 0 Å². The van der Waals surface area contributed by atoms with Crippen molar-refractivity contribution in [1.29, 1.82) is 0 Å². The molecule has 0 aromatic heterocycles. The van der Waals surface area contributed by atoms with E-state index in [4.69, 9.17) is 4.74 Å². The number of nitrogens with one attached hydrogen (secondary N) is 1. The lowest BCUT2D eigenvalue weighted by molar-refractivity contribution is 0.0545. The van der Waals surface area contributed by atoms with Gasteiger partial charge in [0, 0.05) is 19.2 Å². The SMILES string of the molecule is CCC(CC)C(O)CNC1CCCOC1. The summed E-state index contributed by atoms with van der Waals surface area (Å²) in [5.41, 5.74) is 0. The Morgan fingerprint density at radius 2 is 2.13 bits per heavy atom. The molecule has 0 amide bonds. The second kappa shape index (κ2) is 7.20. The van der Waals surface area contributed by atoms with Gasteiger partial charge in [-0.05, 0) is 18.8 Å². The topological polar surface area (TPSA) is 41.5 Å². The molecule has 0 aliphatic carbocycles. The van der Waals surface area contributed by atoms with Crippen LogP contribution in [0, 0.1) is 5.92 Å². The van der Waals surface area contributed by atoms with Gasteiger partial charge in [-0.15, -0.1) is 0 Å². The van der Waals surface area contributed by atoms with Crippen molar-refractivity contribution in [3.05, 3.63) is 0 Å². The molecule has 1 saturated heterocycles. The van der Waals surface area contributed by atoms with Gasteiger partial charge in [0.15, 0.2) is 0 Å². The molecule has 3 nitrogen and oxygen atoms in total. The van der Waals surface area contributed by atoms with Gasteiger partial charge >= 0.3 is 0 Å². The summed E-state index contributed by atoms with van der Waals surface area (Å²) in [4.78, 5) is 0. The molecule has 2 atom stereocenters. The summed E-state index contributed by atoms with van der Waals surface area (Å²) in [5.74, 6) is 0.432. The maximum atomic E-state index is 9.94. The van der Waals surface area contributed by atoms with Crippen molar-refractivity contribution in [2.24, 2.45) is 5.92 Å². The van der Waals surface area contributed by atoms with Gasteiger partial charge in [-0.2, -0.15) is 0 Å². The molecule has 15 heavy (non-hydrogen) atoms. The molecule has 1 aliphatic heterocycles. The molecule has 1 fully saturated rings. The van der Waals surface area contributed by atoms with Crippen LogP contribution in [0.15, 0.2) is 0 Å². The maximum Gasteiger partial charge on any atom is 0.0692 e. The van der Waals surface area contributed by atoms with E-state index in [0.29, 0.717) is 18.5 Å². The Labute approximate surface area is 93.2 Å². The molecule has 0 spiro atoms. The minimum atomic E-state index is -0.207. The van der Waals surface area contributed by atoms with E-state index in [2.05, 4.69) is 19.2 Å². The fourth-order valence-electron chi connectivity index (χ4n) is 2.19. The van der Waals surface area contributed by atoms with Crippen molar-refractivity contribution in [2.75, 3.05) is 19.8 Å². The van der Waals surface area contributed by atoms with Gasteiger partial charge in [-0.1, -0.05) is 26.7 Å². The Morgan fingerprint density at radius 3 is 2.67 bits per heavy atom. The van der Waals surface area contributed by atoms with Gasteiger partial charge < -0.3 is 15.2 Å². The minimum Gasteiger partial charge on any atom is -0.392 e. The molecule has 3 heteroatoms. The second-order valence-electron chi connectivity index (χ2n) is 4.47. The van der Waals surface area contributed by atoms with E-state index in [0.717, 1.165) is 32.5 Å². The van der Waals surface area contributed by atoms with Crippen molar-refractivity contribution >= 4 is 0 Å². The summed E-state index contributed by atoms with van der Waals surface area (Å²) in [5, 5.41) is 13.3. The minimum absolute atomic E-state index is 0.207. The average molecular weight is 215 g/mol. The van der Waals surface area contributed by atoms with Crippen LogP contribution in [0.1, 0.15) is 39.5 Å². The highest BCUT2D eigenvalue weighted by atomic mass is 16.5. The monoisotopic (exact) mass is 215 g/mol. The Bertz CT molecular complexity index is 154. The van der Waals surface area contributed by atoms with Crippen LogP contribution in [0.25, 0.3) is 0 Å². The molecule has 0 aromatic rings. The van der Waals surface area contributed by atoms with Crippen LogP contribution >= 0.6 is 0 Å². The Balaban J connectivity index is 2.16. The number of aliphatic hydroxyl groups excluding tert-OH is 1. The number of hydrogen-bond acceptors (Lipinski definition) is 3. The van der Waals surface area contributed by atoms with Crippen LogP contribution < -0.4 is 5.32 Å². The molecule has 0 aromatic carbocycles. The summed E-state index contributed by atoms with van der Waals surface area (Å²) in [6.07, 6.45) is 4.22. The van der Waals surface area contributed by atoms with E-state index in [1.165, 1.54) is 6.42 Å². The first-order valence-corrected chi connectivity index (χ1v) is 6.27. The number of aliphatic hydroxyl groups is 1. The van der Waals surface area contributed by atoms with E-state index < -0.39 is 0 Å². The summed E-state index contributed by atoms with van der Waals surface area (Å²) in [6, 6.07) is 0.447. The summed E-state index contributed by atoms with van der Waals surface area (Å²) < 4.78 is 5.38. The van der Waals surface area contributed by atoms with E-state index in [9.17, 15) is 5.11 Å². The highest BCUT2D eigenvalue weighted by molar-refractivity contribution is 4.74. The zero-order valence-corrected chi connectivity index (χ0v) is 10.0. The zero-order chi connectivity index (χ0) is 11.1. The third-order valence-corrected chi connectivity index (χ3v) is 3.37. The van der Waals surface area contributed by atoms with Crippen LogP contribution in [0.5, 0.6) is 0 Å². The summed E-state index contributed by atoms with van der Waals surface area (Å²) in [6.45, 7) is 6.69. The van der Waals surface area contributed by atoms with Gasteiger partial charge in [-0.25, -0.2) is 0 Å². The number of hydrogen-bond donors (Lipinski definition) is 2. The molecule has 1 rings (SSSR count). The highest BCUT2D eigenvalue weighted by Crippen LogP contribution is 2.13. The van der Waals surface area contributed by atoms with Crippen LogP contribution in [0.3, 0.4) is 0 Å². The van der Waals surface area contributed by atoms with Crippen LogP contribution in [-0.4, -0.2) is 37.0 Å². The third kappa shape index (κ3) is 4.49. The summed E-state index contributed by atoms with van der Waals surface area (Å²) >= 11 is 0. The van der Waals surface area contributed by atoms with Crippen molar-refractivity contribution in [3.8, 4) is 0 Å². The predicted molar refractivity (Wildman–Crippen MR) is 61.9 cm³/mol. The first-order valence-electron chi connectivity index (χ1n) is 6.27. The Kier molecular flexibility index (Phi) is 6.22. The van der Waals surface area contributed by atoms with Crippen molar-refractivity contribution < 1.29 is 9.84 Å². The van der Waals surface area contributed by atoms with Gasteiger partial charge in [0.2, 0.25) is 0 Å². The average Bonchev–Trinajstić information content (AvgIpc) is 2.29. The van der Waals surface area contributed by atoms with Crippen LogP contribution in [-0.2, 0) is 4.74 Å². The smallest absolute Gasteiger partial charge is 0.0692 e. The van der Waals surface area contributed by atoms with Crippen LogP contribution in [0.2, 0.25) is 0 Å². The van der Waals surface area contributed by atoms with Gasteiger partial charge in [0.05, 0.1) is 12.7 Å². The first-order chi connectivity index (χ1) is 7.27. The molecule has 2 unspecified atom stereocenters. The quantitative estimate of drug-likeness (QED) is 0.706. The van der Waals surface area contributed by atoms with Gasteiger partial charge in [0.25, 0.3) is 0 Å². The molecule has 1 heterocycles. The predicted octanol–water partition coefficient (Wildman–Crippen LogP) is 1.55. The number of rotatable bonds is 6. The number of ether oxygens (including phenoxy) is 1. The third-order valence-electron chi connectivity index (χ3n) is 3.37. The Hall–Kier alpha value is -0.120. The maximum absolute atomic E-state index is 9.94. The molecule has 90 valence electrons. The van der Waals surface area contributed by atoms with Gasteiger partial charge in [0.1, 0.15) is 0 Å². The molecule has 0 saturated carbocycles. The molecular weight excluding hydrogens is 190 g/mol. The highest BCUT2D eigenvalue weighted by Gasteiger charge is 2.18. The summed E-state index contributed by atoms with van der Waals surface area (Å²) in [7, 11) is 0. The zero-order valence-electron chi connectivity index (χ0n) is 10.0. The van der Waals surface area contributed by atoms with E-state index in [1.54, 1.807) is 0 Å². The lowest BCUT2D eigenvalue weighted by Crippen LogP contribution is -2.42. The van der Waals surface area contributed by atoms with E-state index in [-0.39, 0.29) is 6.10 Å². The molecule has 1 aliphatic rings. The lowest BCUT2D eigenvalue weighted by Gasteiger charge is -2.26. The molecule has 2 N–H and O–H groups in total. The second-order valence-corrected chi connectivity index (χ2v) is 4.47. The largest absolute Gasteiger partial charge is 0.392 e. The van der Waals surface area contributed by atoms with Crippen molar-refractivity contribution in [3.63, 3.8) is 0 Å². The normalized spacial score (nSPS) is 24.4. The Morgan fingerprint density at radius 1 is 1.40 bits per heavy atom. The van der Waals surface area contributed by atoms with Gasteiger partial charge in [-0.3, -0.25) is 0 Å².